The van der Waals surface area contributed by atoms with Gasteiger partial charge in [-0.25, -0.2) is 0 Å². The number of amides is 1. The lowest BCUT2D eigenvalue weighted by Crippen LogP contribution is -2.32. The van der Waals surface area contributed by atoms with Gasteiger partial charge in [0.05, 0.1) is 31.9 Å². The topological polar surface area (TPSA) is 88.5 Å². The lowest BCUT2D eigenvalue weighted by molar-refractivity contribution is -0.140. The molecule has 0 saturated carbocycles. The monoisotopic (exact) mass is 496 g/mol. The van der Waals surface area contributed by atoms with Crippen LogP contribution in [0.3, 0.4) is 0 Å². The van der Waals surface area contributed by atoms with E-state index in [9.17, 15) is 14.7 Å². The highest BCUT2D eigenvalue weighted by atomic mass is 16.5. The molecule has 1 saturated heterocycles. The summed E-state index contributed by atoms with van der Waals surface area (Å²) in [5.41, 5.74) is 1.78. The lowest BCUT2D eigenvalue weighted by atomic mass is 9.93. The van der Waals surface area contributed by atoms with Gasteiger partial charge in [0, 0.05) is 17.7 Å². The Bertz CT molecular complexity index is 1150. The van der Waals surface area contributed by atoms with Crippen LogP contribution in [-0.4, -0.2) is 74.1 Å². The molecule has 2 aromatic rings. The minimum atomic E-state index is -0.830. The molecule has 0 radical (unpaired) electrons. The van der Waals surface area contributed by atoms with Crippen molar-refractivity contribution in [2.75, 3.05) is 41.4 Å². The second-order valence-electron chi connectivity index (χ2n) is 9.40. The molecule has 0 aliphatic carbocycles. The molecule has 36 heavy (non-hydrogen) atoms. The maximum Gasteiger partial charge on any atom is 0.295 e. The van der Waals surface area contributed by atoms with Gasteiger partial charge in [0.1, 0.15) is 23.0 Å². The average molecular weight is 497 g/mol. The predicted molar refractivity (Wildman–Crippen MR) is 139 cm³/mol. The Morgan fingerprint density at radius 1 is 1.06 bits per heavy atom. The number of aliphatic hydroxyl groups excluding tert-OH is 1. The van der Waals surface area contributed by atoms with E-state index in [4.69, 9.17) is 14.2 Å². The molecule has 0 unspecified atom stereocenters. The Balaban J connectivity index is 2.19. The summed E-state index contributed by atoms with van der Waals surface area (Å²) < 4.78 is 16.8. The third-order valence-corrected chi connectivity index (χ3v) is 6.10. The molecule has 0 spiro atoms. The molecule has 1 amide bonds. The van der Waals surface area contributed by atoms with Crippen molar-refractivity contribution < 1.29 is 28.9 Å². The standard InChI is InChI=1S/C28H36N2O6/c1-17(2)36-20-9-11-21(18(3)15-20)26(31)24-25(22-16-19(34-6)10-12-23(22)35-7)30(28(33)27(24)32)14-8-13-29(4)5/h9-12,15-17,25,31H,8,13-14H2,1-7H3/b26-24+/t25-/m1/s1. The summed E-state index contributed by atoms with van der Waals surface area (Å²) in [5, 5.41) is 11.5. The van der Waals surface area contributed by atoms with Crippen LogP contribution in [0.5, 0.6) is 17.2 Å². The maximum atomic E-state index is 13.4. The SMILES string of the molecule is COc1ccc(OC)c([C@@H]2/C(=C(\O)c3ccc(OC(C)C)cc3C)C(=O)C(=O)N2CCCN(C)C)c1. The average Bonchev–Trinajstić information content (AvgIpc) is 3.07. The first-order chi connectivity index (χ1) is 17.1. The summed E-state index contributed by atoms with van der Waals surface area (Å²) in [6.07, 6.45) is 0.653. The molecule has 8 nitrogen and oxygen atoms in total. The van der Waals surface area contributed by atoms with E-state index in [1.165, 1.54) is 12.0 Å². The van der Waals surface area contributed by atoms with E-state index in [1.807, 2.05) is 45.8 Å². The molecule has 1 N–H and O–H groups in total. The van der Waals surface area contributed by atoms with Gasteiger partial charge in [-0.3, -0.25) is 9.59 Å². The minimum Gasteiger partial charge on any atom is -0.507 e. The van der Waals surface area contributed by atoms with Crippen molar-refractivity contribution in [1.29, 1.82) is 0 Å². The van der Waals surface area contributed by atoms with E-state index >= 15 is 0 Å². The van der Waals surface area contributed by atoms with Crippen LogP contribution in [0.1, 0.15) is 43.0 Å². The molecule has 1 aliphatic heterocycles. The normalized spacial score (nSPS) is 17.2. The van der Waals surface area contributed by atoms with Crippen LogP contribution in [0.4, 0.5) is 0 Å². The summed E-state index contributed by atoms with van der Waals surface area (Å²) in [7, 11) is 6.98. The lowest BCUT2D eigenvalue weighted by Gasteiger charge is -2.27. The Kier molecular flexibility index (Phi) is 8.63. The van der Waals surface area contributed by atoms with Gasteiger partial charge in [-0.2, -0.15) is 0 Å². The number of hydrogen-bond acceptors (Lipinski definition) is 7. The molecule has 8 heteroatoms. The first-order valence-corrected chi connectivity index (χ1v) is 12.0. The maximum absolute atomic E-state index is 13.4. The van der Waals surface area contributed by atoms with Crippen LogP contribution >= 0.6 is 0 Å². The van der Waals surface area contributed by atoms with Crippen molar-refractivity contribution >= 4 is 17.4 Å². The summed E-state index contributed by atoms with van der Waals surface area (Å²) >= 11 is 0. The Morgan fingerprint density at radius 2 is 1.75 bits per heavy atom. The molecule has 1 atom stereocenters. The highest BCUT2D eigenvalue weighted by Gasteiger charge is 2.47. The van der Waals surface area contributed by atoms with Crippen LogP contribution in [0, 0.1) is 6.92 Å². The van der Waals surface area contributed by atoms with Crippen molar-refractivity contribution in [3.8, 4) is 17.2 Å². The number of Topliss-reactive ketones (excluding diaryl/α,β-unsaturated/α-hetero) is 1. The molecule has 3 rings (SSSR count). The number of hydrogen-bond donors (Lipinski definition) is 1. The van der Waals surface area contributed by atoms with E-state index in [1.54, 1.807) is 37.4 Å². The van der Waals surface area contributed by atoms with E-state index in [2.05, 4.69) is 0 Å². The summed E-state index contributed by atoms with van der Waals surface area (Å²) in [5.74, 6) is 0.0949. The van der Waals surface area contributed by atoms with E-state index in [-0.39, 0.29) is 17.4 Å². The van der Waals surface area contributed by atoms with Crippen LogP contribution in [-0.2, 0) is 9.59 Å². The van der Waals surface area contributed by atoms with Gasteiger partial charge in [0.25, 0.3) is 11.7 Å². The number of aliphatic hydroxyl groups is 1. The van der Waals surface area contributed by atoms with Crippen molar-refractivity contribution in [1.82, 2.24) is 9.80 Å². The van der Waals surface area contributed by atoms with Crippen LogP contribution in [0.15, 0.2) is 42.0 Å². The molecule has 1 heterocycles. The van der Waals surface area contributed by atoms with Crippen LogP contribution in [0.2, 0.25) is 0 Å². The number of nitrogens with zero attached hydrogens (tertiary/aromatic N) is 2. The van der Waals surface area contributed by atoms with Crippen molar-refractivity contribution in [3.63, 3.8) is 0 Å². The van der Waals surface area contributed by atoms with E-state index in [0.29, 0.717) is 41.3 Å². The van der Waals surface area contributed by atoms with Gasteiger partial charge in [-0.05, 0) is 89.8 Å². The van der Waals surface area contributed by atoms with Crippen molar-refractivity contribution in [2.24, 2.45) is 0 Å². The number of benzene rings is 2. The zero-order chi connectivity index (χ0) is 26.6. The van der Waals surface area contributed by atoms with Gasteiger partial charge in [0.15, 0.2) is 0 Å². The van der Waals surface area contributed by atoms with Gasteiger partial charge in [-0.15, -0.1) is 0 Å². The number of rotatable bonds is 10. The molecule has 1 aliphatic rings. The molecule has 0 bridgehead atoms. The van der Waals surface area contributed by atoms with E-state index in [0.717, 1.165) is 12.1 Å². The number of ether oxygens (including phenoxy) is 3. The van der Waals surface area contributed by atoms with E-state index < -0.39 is 17.7 Å². The number of carbonyl (C=O) groups is 2. The quantitative estimate of drug-likeness (QED) is 0.300. The number of aryl methyl sites for hydroxylation is 1. The molecular formula is C28H36N2O6. The molecule has 0 aromatic heterocycles. The Morgan fingerprint density at radius 3 is 2.33 bits per heavy atom. The predicted octanol–water partition coefficient (Wildman–Crippen LogP) is 4.17. The number of carbonyl (C=O) groups excluding carboxylic acids is 2. The first-order valence-electron chi connectivity index (χ1n) is 12.0. The van der Waals surface area contributed by atoms with Crippen molar-refractivity contribution in [3.05, 3.63) is 58.7 Å². The Labute approximate surface area is 213 Å². The number of ketones is 1. The second kappa shape index (κ2) is 11.5. The summed E-state index contributed by atoms with van der Waals surface area (Å²) in [4.78, 5) is 30.2. The zero-order valence-electron chi connectivity index (χ0n) is 22.1. The fourth-order valence-electron chi connectivity index (χ4n) is 4.44. The highest BCUT2D eigenvalue weighted by Crippen LogP contribution is 2.44. The van der Waals surface area contributed by atoms with Gasteiger partial charge in [-0.1, -0.05) is 0 Å². The molecule has 194 valence electrons. The summed E-state index contributed by atoms with van der Waals surface area (Å²) in [6.45, 7) is 6.77. The summed E-state index contributed by atoms with van der Waals surface area (Å²) in [6, 6.07) is 9.66. The minimum absolute atomic E-state index is 0.00290. The largest absolute Gasteiger partial charge is 0.507 e. The van der Waals surface area contributed by atoms with Gasteiger partial charge in [0.2, 0.25) is 0 Å². The highest BCUT2D eigenvalue weighted by molar-refractivity contribution is 6.46. The molecular weight excluding hydrogens is 460 g/mol. The molecule has 1 fully saturated rings. The van der Waals surface area contributed by atoms with Crippen LogP contribution in [0.25, 0.3) is 5.76 Å². The number of likely N-dealkylation sites (tertiary alicyclic amines) is 1. The third-order valence-electron chi connectivity index (χ3n) is 6.10. The smallest absolute Gasteiger partial charge is 0.295 e. The first kappa shape index (κ1) is 27.1. The van der Waals surface area contributed by atoms with Crippen LogP contribution < -0.4 is 14.2 Å². The van der Waals surface area contributed by atoms with Crippen molar-refractivity contribution in [2.45, 2.75) is 39.3 Å². The third kappa shape index (κ3) is 5.65. The second-order valence-corrected chi connectivity index (χ2v) is 9.40. The fourth-order valence-corrected chi connectivity index (χ4v) is 4.44. The Hall–Kier alpha value is -3.52. The number of methoxy groups -OCH3 is 2. The molecule has 2 aromatic carbocycles. The van der Waals surface area contributed by atoms with Gasteiger partial charge >= 0.3 is 0 Å². The zero-order valence-corrected chi connectivity index (χ0v) is 22.1. The van der Waals surface area contributed by atoms with Gasteiger partial charge < -0.3 is 29.1 Å². The fraction of sp³-hybridized carbons (Fsp3) is 0.429.